The highest BCUT2D eigenvalue weighted by atomic mass is 16.5. The summed E-state index contributed by atoms with van der Waals surface area (Å²) < 4.78 is 5.48. The first-order valence-corrected chi connectivity index (χ1v) is 7.74. The third kappa shape index (κ3) is 1.59. The van der Waals surface area contributed by atoms with E-state index in [1.165, 1.54) is 45.1 Å². The number of hydrogen-bond acceptors (Lipinski definition) is 2. The van der Waals surface area contributed by atoms with Gasteiger partial charge in [0, 0.05) is 11.5 Å². The second-order valence-electron chi connectivity index (χ2n) is 6.55. The van der Waals surface area contributed by atoms with E-state index in [9.17, 15) is 0 Å². The number of nitrogens with one attached hydrogen (secondary N) is 1. The second kappa shape index (κ2) is 4.24. The molecule has 1 heterocycles. The molecular weight excluding hydrogens is 234 g/mol. The highest BCUT2D eigenvalue weighted by Gasteiger charge is 2.51. The molecule has 1 aromatic carbocycles. The van der Waals surface area contributed by atoms with Crippen molar-refractivity contribution in [3.63, 3.8) is 0 Å². The van der Waals surface area contributed by atoms with E-state index in [0.717, 1.165) is 17.7 Å². The molecule has 2 heteroatoms. The molecule has 1 saturated carbocycles. The van der Waals surface area contributed by atoms with Crippen LogP contribution in [0.2, 0.25) is 0 Å². The molecule has 2 nitrogen and oxygen atoms in total. The predicted octanol–water partition coefficient (Wildman–Crippen LogP) is 3.04. The molecule has 1 saturated heterocycles. The molecule has 0 spiro atoms. The lowest BCUT2D eigenvalue weighted by molar-refractivity contribution is 0.0795. The Morgan fingerprint density at radius 2 is 2.21 bits per heavy atom. The maximum Gasteiger partial charge on any atom is 0.119 e. The van der Waals surface area contributed by atoms with Gasteiger partial charge in [-0.15, -0.1) is 0 Å². The number of methoxy groups -OCH3 is 1. The van der Waals surface area contributed by atoms with Crippen LogP contribution in [0.4, 0.5) is 0 Å². The number of ether oxygens (including phenoxy) is 1. The van der Waals surface area contributed by atoms with Crippen LogP contribution < -0.4 is 10.1 Å². The van der Waals surface area contributed by atoms with Crippen molar-refractivity contribution >= 4 is 0 Å². The maximum atomic E-state index is 5.48. The summed E-state index contributed by atoms with van der Waals surface area (Å²) in [5.74, 6) is 1.89. The van der Waals surface area contributed by atoms with E-state index >= 15 is 0 Å². The fourth-order valence-electron chi connectivity index (χ4n) is 5.03. The molecule has 3 aliphatic rings. The zero-order valence-corrected chi connectivity index (χ0v) is 11.7. The Balaban J connectivity index is 1.88. The van der Waals surface area contributed by atoms with Crippen molar-refractivity contribution in [2.75, 3.05) is 13.7 Å². The lowest BCUT2D eigenvalue weighted by Gasteiger charge is -2.56. The highest BCUT2D eigenvalue weighted by Crippen LogP contribution is 2.54. The Labute approximate surface area is 115 Å². The second-order valence-corrected chi connectivity index (χ2v) is 6.55. The SMILES string of the molecule is COc1ccc2c(c1)[C@@]13CCCCC1[C@H](C2)NCC3. The minimum Gasteiger partial charge on any atom is -0.497 e. The van der Waals surface area contributed by atoms with Gasteiger partial charge in [0.05, 0.1) is 7.11 Å². The summed E-state index contributed by atoms with van der Waals surface area (Å²) in [7, 11) is 1.78. The van der Waals surface area contributed by atoms with Crippen LogP contribution >= 0.6 is 0 Å². The van der Waals surface area contributed by atoms with Crippen molar-refractivity contribution < 1.29 is 4.74 Å². The van der Waals surface area contributed by atoms with Crippen LogP contribution in [0.5, 0.6) is 5.75 Å². The molecular formula is C17H23NO. The minimum atomic E-state index is 0.455. The van der Waals surface area contributed by atoms with Crippen molar-refractivity contribution in [1.82, 2.24) is 5.32 Å². The predicted molar refractivity (Wildman–Crippen MR) is 76.7 cm³/mol. The summed E-state index contributed by atoms with van der Waals surface area (Å²) in [6.45, 7) is 1.19. The van der Waals surface area contributed by atoms with Gasteiger partial charge in [-0.3, -0.25) is 0 Å². The normalized spacial score (nSPS) is 36.3. The molecule has 2 fully saturated rings. The van der Waals surface area contributed by atoms with Gasteiger partial charge in [-0.2, -0.15) is 0 Å². The lowest BCUT2D eigenvalue weighted by Crippen LogP contribution is -2.59. The number of hydrogen-bond donors (Lipinski definition) is 1. The van der Waals surface area contributed by atoms with Crippen LogP contribution in [0.3, 0.4) is 0 Å². The molecule has 4 rings (SSSR count). The zero-order valence-electron chi connectivity index (χ0n) is 11.7. The Morgan fingerprint density at radius 1 is 1.26 bits per heavy atom. The Bertz CT molecular complexity index is 494. The first-order chi connectivity index (χ1) is 9.33. The van der Waals surface area contributed by atoms with Crippen LogP contribution in [-0.4, -0.2) is 19.7 Å². The maximum absolute atomic E-state index is 5.48. The monoisotopic (exact) mass is 257 g/mol. The summed E-state index contributed by atoms with van der Waals surface area (Å²) in [4.78, 5) is 0. The van der Waals surface area contributed by atoms with Gasteiger partial charge in [-0.05, 0) is 61.4 Å². The zero-order chi connectivity index (χ0) is 12.9. The van der Waals surface area contributed by atoms with E-state index < -0.39 is 0 Å². The van der Waals surface area contributed by atoms with E-state index in [4.69, 9.17) is 4.74 Å². The van der Waals surface area contributed by atoms with Gasteiger partial charge in [-0.25, -0.2) is 0 Å². The van der Waals surface area contributed by atoms with E-state index in [1.54, 1.807) is 18.2 Å². The highest BCUT2D eigenvalue weighted by molar-refractivity contribution is 5.45. The van der Waals surface area contributed by atoms with Crippen LogP contribution in [0.15, 0.2) is 18.2 Å². The van der Waals surface area contributed by atoms with Gasteiger partial charge in [0.1, 0.15) is 5.75 Å². The smallest absolute Gasteiger partial charge is 0.119 e. The molecule has 3 atom stereocenters. The van der Waals surface area contributed by atoms with Crippen LogP contribution in [0.25, 0.3) is 0 Å². The molecule has 0 amide bonds. The van der Waals surface area contributed by atoms with Gasteiger partial charge in [0.15, 0.2) is 0 Å². The quantitative estimate of drug-likeness (QED) is 0.835. The summed E-state index contributed by atoms with van der Waals surface area (Å²) in [6.07, 6.45) is 8.15. The number of benzene rings is 1. The molecule has 2 bridgehead atoms. The summed E-state index contributed by atoms with van der Waals surface area (Å²) in [6, 6.07) is 7.50. The first-order valence-electron chi connectivity index (χ1n) is 7.74. The number of piperidine rings is 1. The van der Waals surface area contributed by atoms with Crippen LogP contribution in [0, 0.1) is 5.92 Å². The van der Waals surface area contributed by atoms with E-state index in [0.29, 0.717) is 5.41 Å². The third-order valence-electron chi connectivity index (χ3n) is 5.85. The fourth-order valence-corrected chi connectivity index (χ4v) is 5.03. The van der Waals surface area contributed by atoms with Gasteiger partial charge < -0.3 is 10.1 Å². The van der Waals surface area contributed by atoms with Crippen molar-refractivity contribution in [1.29, 1.82) is 0 Å². The third-order valence-corrected chi connectivity index (χ3v) is 5.85. The molecule has 1 N–H and O–H groups in total. The largest absolute Gasteiger partial charge is 0.497 e. The number of rotatable bonds is 1. The minimum absolute atomic E-state index is 0.455. The van der Waals surface area contributed by atoms with E-state index in [1.807, 2.05) is 0 Å². The standard InChI is InChI=1S/C17H23NO/c1-19-13-6-5-12-10-16-14-4-2-3-7-17(14,8-9-18-16)15(12)11-13/h5-6,11,14,16,18H,2-4,7-10H2,1H3/t14?,16-,17+/m0/s1. The lowest BCUT2D eigenvalue weighted by atomic mass is 9.53. The van der Waals surface area contributed by atoms with Crippen molar-refractivity contribution in [3.05, 3.63) is 29.3 Å². The van der Waals surface area contributed by atoms with Gasteiger partial charge in [0.2, 0.25) is 0 Å². The molecule has 102 valence electrons. The van der Waals surface area contributed by atoms with Crippen LogP contribution in [-0.2, 0) is 11.8 Å². The number of fused-ring (bicyclic) bond motifs is 1. The topological polar surface area (TPSA) is 21.3 Å². The molecule has 1 unspecified atom stereocenters. The Morgan fingerprint density at radius 3 is 3.11 bits per heavy atom. The van der Waals surface area contributed by atoms with E-state index in [-0.39, 0.29) is 0 Å². The average molecular weight is 257 g/mol. The fraction of sp³-hybridized carbons (Fsp3) is 0.647. The van der Waals surface area contributed by atoms with Crippen molar-refractivity contribution in [2.24, 2.45) is 5.92 Å². The summed E-state index contributed by atoms with van der Waals surface area (Å²) in [5, 5.41) is 3.78. The molecule has 2 aliphatic carbocycles. The average Bonchev–Trinajstić information content (AvgIpc) is 2.47. The van der Waals surface area contributed by atoms with Crippen LogP contribution in [0.1, 0.15) is 43.2 Å². The molecule has 1 aromatic rings. The molecule has 1 aliphatic heterocycles. The van der Waals surface area contributed by atoms with Gasteiger partial charge >= 0.3 is 0 Å². The summed E-state index contributed by atoms with van der Waals surface area (Å²) in [5.41, 5.74) is 3.64. The molecule has 0 radical (unpaired) electrons. The van der Waals surface area contributed by atoms with Gasteiger partial charge in [-0.1, -0.05) is 18.9 Å². The first kappa shape index (κ1) is 11.8. The summed E-state index contributed by atoms with van der Waals surface area (Å²) >= 11 is 0. The van der Waals surface area contributed by atoms with Crippen molar-refractivity contribution in [2.45, 2.75) is 50.0 Å². The Kier molecular flexibility index (Phi) is 2.63. The Hall–Kier alpha value is -1.02. The van der Waals surface area contributed by atoms with Crippen molar-refractivity contribution in [3.8, 4) is 5.75 Å². The van der Waals surface area contributed by atoms with E-state index in [2.05, 4.69) is 23.5 Å². The molecule has 19 heavy (non-hydrogen) atoms. The molecule has 0 aromatic heterocycles. The van der Waals surface area contributed by atoms with Gasteiger partial charge in [0.25, 0.3) is 0 Å².